The van der Waals surface area contributed by atoms with Crippen LogP contribution in [0.2, 0.25) is 0 Å². The molecule has 2 aliphatic heterocycles. The molecule has 1 unspecified atom stereocenters. The number of hydrogen-bond donors (Lipinski definition) is 0. The lowest BCUT2D eigenvalue weighted by Gasteiger charge is -2.25. The highest BCUT2D eigenvalue weighted by Gasteiger charge is 2.30. The molecule has 148 valence electrons. The van der Waals surface area contributed by atoms with Crippen LogP contribution in [0.25, 0.3) is 0 Å². The van der Waals surface area contributed by atoms with Crippen molar-refractivity contribution in [1.82, 2.24) is 4.90 Å². The van der Waals surface area contributed by atoms with Crippen molar-refractivity contribution in [1.29, 1.82) is 0 Å². The third kappa shape index (κ3) is 4.43. The Bertz CT molecular complexity index is 827. The molecule has 1 atom stereocenters. The van der Waals surface area contributed by atoms with Crippen LogP contribution in [0, 0.1) is 5.82 Å². The van der Waals surface area contributed by atoms with E-state index in [9.17, 15) is 9.18 Å². The maximum absolute atomic E-state index is 13.0. The van der Waals surface area contributed by atoms with Crippen molar-refractivity contribution < 1.29 is 18.7 Å². The van der Waals surface area contributed by atoms with Crippen molar-refractivity contribution in [2.45, 2.75) is 36.6 Å². The van der Waals surface area contributed by atoms with Crippen LogP contribution < -0.4 is 9.47 Å². The van der Waals surface area contributed by atoms with Gasteiger partial charge in [0.25, 0.3) is 0 Å². The first-order chi connectivity index (χ1) is 13.7. The van der Waals surface area contributed by atoms with E-state index in [1.807, 2.05) is 17.0 Å². The zero-order valence-corrected chi connectivity index (χ0v) is 16.6. The molecule has 6 heteroatoms. The maximum atomic E-state index is 13.0. The SMILES string of the molecule is O=C(CCSc1ccc(F)cc1)N1CCCC1c1ccc2c(c1)OCCCO2. The molecule has 4 rings (SSSR count). The molecule has 1 saturated heterocycles. The molecule has 0 aromatic heterocycles. The Labute approximate surface area is 169 Å². The number of likely N-dealkylation sites (tertiary alicyclic amines) is 1. The molecule has 1 amide bonds. The number of amides is 1. The van der Waals surface area contributed by atoms with Gasteiger partial charge >= 0.3 is 0 Å². The number of nitrogens with zero attached hydrogens (tertiary/aromatic N) is 1. The monoisotopic (exact) mass is 401 g/mol. The van der Waals surface area contributed by atoms with Crippen molar-refractivity contribution in [2.24, 2.45) is 0 Å². The molecule has 0 N–H and O–H groups in total. The fraction of sp³-hybridized carbons (Fsp3) is 0.409. The summed E-state index contributed by atoms with van der Waals surface area (Å²) in [5, 5.41) is 0. The molecule has 0 bridgehead atoms. The number of hydrogen-bond acceptors (Lipinski definition) is 4. The van der Waals surface area contributed by atoms with E-state index < -0.39 is 0 Å². The third-order valence-electron chi connectivity index (χ3n) is 5.13. The summed E-state index contributed by atoms with van der Waals surface area (Å²) < 4.78 is 24.5. The van der Waals surface area contributed by atoms with Crippen LogP contribution in [-0.4, -0.2) is 36.3 Å². The lowest BCUT2D eigenvalue weighted by Crippen LogP contribution is -2.30. The van der Waals surface area contributed by atoms with Gasteiger partial charge in [-0.25, -0.2) is 4.39 Å². The fourth-order valence-electron chi connectivity index (χ4n) is 3.73. The Morgan fingerprint density at radius 3 is 2.68 bits per heavy atom. The van der Waals surface area contributed by atoms with E-state index >= 15 is 0 Å². The van der Waals surface area contributed by atoms with Gasteiger partial charge in [-0.2, -0.15) is 0 Å². The van der Waals surface area contributed by atoms with Crippen molar-refractivity contribution >= 4 is 17.7 Å². The van der Waals surface area contributed by atoms with Gasteiger partial charge in [-0.3, -0.25) is 4.79 Å². The van der Waals surface area contributed by atoms with Gasteiger partial charge in [0.2, 0.25) is 5.91 Å². The van der Waals surface area contributed by atoms with E-state index in [2.05, 4.69) is 6.07 Å². The number of carbonyl (C=O) groups is 1. The Morgan fingerprint density at radius 1 is 1.07 bits per heavy atom. The average Bonchev–Trinajstić information content (AvgIpc) is 3.08. The van der Waals surface area contributed by atoms with E-state index in [1.165, 1.54) is 12.1 Å². The molecule has 4 nitrogen and oxygen atoms in total. The van der Waals surface area contributed by atoms with E-state index in [0.717, 1.165) is 47.8 Å². The smallest absolute Gasteiger partial charge is 0.223 e. The van der Waals surface area contributed by atoms with Crippen LogP contribution in [-0.2, 0) is 4.79 Å². The number of carbonyl (C=O) groups excluding carboxylic acids is 1. The summed E-state index contributed by atoms with van der Waals surface area (Å²) in [5.41, 5.74) is 1.11. The first kappa shape index (κ1) is 19.1. The predicted octanol–water partition coefficient (Wildman–Crippen LogP) is 4.83. The Balaban J connectivity index is 1.38. The second kappa shape index (κ2) is 8.86. The van der Waals surface area contributed by atoms with Gasteiger partial charge in [0, 0.05) is 30.0 Å². The summed E-state index contributed by atoms with van der Waals surface area (Å²) in [6, 6.07) is 12.5. The van der Waals surface area contributed by atoms with Gasteiger partial charge in [-0.15, -0.1) is 11.8 Å². The molecule has 28 heavy (non-hydrogen) atoms. The second-order valence-electron chi connectivity index (χ2n) is 7.05. The van der Waals surface area contributed by atoms with Crippen LogP contribution >= 0.6 is 11.8 Å². The predicted molar refractivity (Wildman–Crippen MR) is 107 cm³/mol. The number of ether oxygens (including phenoxy) is 2. The lowest BCUT2D eigenvalue weighted by atomic mass is 10.0. The molecule has 2 aromatic rings. The minimum Gasteiger partial charge on any atom is -0.490 e. The molecule has 2 aromatic carbocycles. The summed E-state index contributed by atoms with van der Waals surface area (Å²) in [4.78, 5) is 15.8. The van der Waals surface area contributed by atoms with Crippen LogP contribution in [0.5, 0.6) is 11.5 Å². The number of rotatable bonds is 5. The Hall–Kier alpha value is -2.21. The van der Waals surface area contributed by atoms with Crippen LogP contribution in [0.15, 0.2) is 47.4 Å². The molecule has 0 aliphatic carbocycles. The first-order valence-electron chi connectivity index (χ1n) is 9.78. The lowest BCUT2D eigenvalue weighted by molar-refractivity contribution is -0.131. The van der Waals surface area contributed by atoms with Crippen molar-refractivity contribution in [2.75, 3.05) is 25.5 Å². The van der Waals surface area contributed by atoms with Crippen LogP contribution in [0.1, 0.15) is 37.3 Å². The van der Waals surface area contributed by atoms with Gasteiger partial charge in [0.05, 0.1) is 19.3 Å². The summed E-state index contributed by atoms with van der Waals surface area (Å²) in [6.07, 6.45) is 3.33. The van der Waals surface area contributed by atoms with Crippen LogP contribution in [0.4, 0.5) is 4.39 Å². The number of halogens is 1. The molecule has 2 aliphatic rings. The molecular formula is C22H24FNO3S. The highest BCUT2D eigenvalue weighted by atomic mass is 32.2. The molecule has 2 heterocycles. The minimum atomic E-state index is -0.240. The molecule has 0 spiro atoms. The van der Waals surface area contributed by atoms with Gasteiger partial charge in [0.15, 0.2) is 11.5 Å². The Morgan fingerprint density at radius 2 is 1.86 bits per heavy atom. The van der Waals surface area contributed by atoms with E-state index in [0.29, 0.717) is 25.4 Å². The van der Waals surface area contributed by atoms with E-state index in [-0.39, 0.29) is 17.8 Å². The summed E-state index contributed by atoms with van der Waals surface area (Å²) >= 11 is 1.58. The van der Waals surface area contributed by atoms with E-state index in [1.54, 1.807) is 23.9 Å². The molecular weight excluding hydrogens is 377 g/mol. The van der Waals surface area contributed by atoms with Gasteiger partial charge < -0.3 is 14.4 Å². The van der Waals surface area contributed by atoms with Crippen molar-refractivity contribution in [3.63, 3.8) is 0 Å². The van der Waals surface area contributed by atoms with Crippen molar-refractivity contribution in [3.8, 4) is 11.5 Å². The topological polar surface area (TPSA) is 38.8 Å². The average molecular weight is 402 g/mol. The number of thioether (sulfide) groups is 1. The third-order valence-corrected chi connectivity index (χ3v) is 6.14. The molecule has 1 fully saturated rings. The highest BCUT2D eigenvalue weighted by Crippen LogP contribution is 2.38. The zero-order chi connectivity index (χ0) is 19.3. The van der Waals surface area contributed by atoms with Crippen LogP contribution in [0.3, 0.4) is 0 Å². The summed E-state index contributed by atoms with van der Waals surface area (Å²) in [7, 11) is 0. The maximum Gasteiger partial charge on any atom is 0.223 e. The highest BCUT2D eigenvalue weighted by molar-refractivity contribution is 7.99. The fourth-order valence-corrected chi connectivity index (χ4v) is 4.57. The van der Waals surface area contributed by atoms with Gasteiger partial charge in [-0.05, 0) is 54.8 Å². The molecule has 0 saturated carbocycles. The molecule has 0 radical (unpaired) electrons. The Kier molecular flexibility index (Phi) is 6.05. The van der Waals surface area contributed by atoms with E-state index in [4.69, 9.17) is 9.47 Å². The first-order valence-corrected chi connectivity index (χ1v) is 10.8. The quantitative estimate of drug-likeness (QED) is 0.673. The second-order valence-corrected chi connectivity index (χ2v) is 8.22. The largest absolute Gasteiger partial charge is 0.490 e. The van der Waals surface area contributed by atoms with Gasteiger partial charge in [-0.1, -0.05) is 6.07 Å². The number of benzene rings is 2. The van der Waals surface area contributed by atoms with Crippen molar-refractivity contribution in [3.05, 3.63) is 53.8 Å². The van der Waals surface area contributed by atoms with Gasteiger partial charge in [0.1, 0.15) is 5.82 Å². The minimum absolute atomic E-state index is 0.0977. The normalized spacial score (nSPS) is 18.8. The standard InChI is InChI=1S/C22H24FNO3S/c23-17-5-7-18(8-6-17)28-14-10-22(25)24-11-1-3-19(24)16-4-9-20-21(15-16)27-13-2-12-26-20/h4-9,15,19H,1-3,10-14H2. The number of fused-ring (bicyclic) bond motifs is 1. The summed E-state index contributed by atoms with van der Waals surface area (Å²) in [6.45, 7) is 2.12. The zero-order valence-electron chi connectivity index (χ0n) is 15.7. The summed E-state index contributed by atoms with van der Waals surface area (Å²) in [5.74, 6) is 2.18.